The lowest BCUT2D eigenvalue weighted by molar-refractivity contribution is -0.192. The Labute approximate surface area is 231 Å². The van der Waals surface area contributed by atoms with Crippen LogP contribution in [0.3, 0.4) is 0 Å². The number of anilines is 1. The molecule has 1 saturated heterocycles. The van der Waals surface area contributed by atoms with Crippen molar-refractivity contribution < 1.29 is 51.7 Å². The number of pyridine rings is 1. The molecule has 1 amide bonds. The maximum Gasteiger partial charge on any atom is 0.490 e. The highest BCUT2D eigenvalue weighted by Gasteiger charge is 2.38. The zero-order valence-corrected chi connectivity index (χ0v) is 22.0. The van der Waals surface area contributed by atoms with Crippen LogP contribution in [0.4, 0.5) is 18.9 Å². The van der Waals surface area contributed by atoms with E-state index in [4.69, 9.17) is 24.1 Å². The van der Waals surface area contributed by atoms with Gasteiger partial charge in [0.1, 0.15) is 5.69 Å². The van der Waals surface area contributed by atoms with Gasteiger partial charge in [0.15, 0.2) is 17.8 Å². The van der Waals surface area contributed by atoms with Gasteiger partial charge in [-0.25, -0.2) is 4.79 Å². The summed E-state index contributed by atoms with van der Waals surface area (Å²) < 4.78 is 47.8. The quantitative estimate of drug-likeness (QED) is 0.303. The van der Waals surface area contributed by atoms with Crippen LogP contribution in [0.5, 0.6) is 11.5 Å². The number of morpholine rings is 1. The summed E-state index contributed by atoms with van der Waals surface area (Å²) in [6, 6.07) is 9.98. The molecule has 0 radical (unpaired) electrons. The molecule has 41 heavy (non-hydrogen) atoms. The number of nitrogens with one attached hydrogen (secondary N) is 1. The van der Waals surface area contributed by atoms with E-state index in [1.165, 1.54) is 20.4 Å². The number of ether oxygens (including phenoxy) is 3. The number of carbonyl (C=O) groups excluding carboxylic acids is 3. The normalized spacial score (nSPS) is 13.5. The number of carbonyl (C=O) groups is 4. The summed E-state index contributed by atoms with van der Waals surface area (Å²) in [5.41, 5.74) is 1.36. The molecule has 0 spiro atoms. The maximum absolute atomic E-state index is 13.4. The zero-order chi connectivity index (χ0) is 30.2. The Hall–Kier alpha value is -4.56. The van der Waals surface area contributed by atoms with Crippen molar-refractivity contribution in [2.45, 2.75) is 6.18 Å². The third kappa shape index (κ3) is 7.99. The Bertz CT molecular complexity index is 1440. The Morgan fingerprint density at radius 2 is 1.68 bits per heavy atom. The van der Waals surface area contributed by atoms with Crippen molar-refractivity contribution in [2.75, 3.05) is 52.4 Å². The van der Waals surface area contributed by atoms with E-state index in [9.17, 15) is 27.6 Å². The minimum Gasteiger partial charge on any atom is -0.493 e. The highest BCUT2D eigenvalue weighted by molar-refractivity contribution is 6.17. The smallest absolute Gasteiger partial charge is 0.490 e. The molecule has 1 aromatic heterocycles. The minimum atomic E-state index is -5.08. The molecular formula is C27H26F3N3O8. The largest absolute Gasteiger partial charge is 0.493 e. The predicted octanol–water partition coefficient (Wildman–Crippen LogP) is 3.20. The summed E-state index contributed by atoms with van der Waals surface area (Å²) in [5, 5.41) is 11.0. The number of aliphatic carboxylic acids is 1. The lowest BCUT2D eigenvalue weighted by Crippen LogP contribution is -2.41. The molecule has 0 atom stereocenters. The topological polar surface area (TPSA) is 144 Å². The fourth-order valence-corrected chi connectivity index (χ4v) is 3.90. The molecule has 4 rings (SSSR count). The molecule has 11 nitrogen and oxygen atoms in total. The van der Waals surface area contributed by atoms with Crippen molar-refractivity contribution >= 4 is 40.4 Å². The second-order valence-corrected chi connectivity index (χ2v) is 8.58. The SMILES string of the molecule is COc1cc2c(C=O)cnc(C(=O)c3cccc(NC(=O)CN4CCOCC4)c3)c2cc1OC.O=C(O)C(F)(F)F. The van der Waals surface area contributed by atoms with E-state index in [-0.39, 0.29) is 23.9 Å². The number of hydrogen-bond donors (Lipinski definition) is 2. The first-order valence-corrected chi connectivity index (χ1v) is 12.0. The molecule has 1 aliphatic heterocycles. The number of rotatable bonds is 8. The molecule has 218 valence electrons. The summed E-state index contributed by atoms with van der Waals surface area (Å²) in [4.78, 5) is 52.6. The van der Waals surface area contributed by atoms with Gasteiger partial charge in [-0.3, -0.25) is 24.3 Å². The molecule has 2 heterocycles. The number of fused-ring (bicyclic) bond motifs is 1. The average Bonchev–Trinajstić information content (AvgIpc) is 2.95. The molecule has 0 saturated carbocycles. The number of alkyl halides is 3. The van der Waals surface area contributed by atoms with E-state index in [0.29, 0.717) is 71.7 Å². The molecule has 0 unspecified atom stereocenters. The monoisotopic (exact) mass is 577 g/mol. The van der Waals surface area contributed by atoms with E-state index < -0.39 is 12.1 Å². The number of carboxylic acid groups (broad SMARTS) is 1. The van der Waals surface area contributed by atoms with E-state index in [1.54, 1.807) is 36.4 Å². The number of methoxy groups -OCH3 is 2. The molecule has 3 aromatic rings. The van der Waals surface area contributed by atoms with Gasteiger partial charge in [-0.2, -0.15) is 13.2 Å². The molecule has 0 aliphatic carbocycles. The minimum absolute atomic E-state index is 0.165. The number of carboxylic acids is 1. The number of hydrogen-bond acceptors (Lipinski definition) is 9. The number of ketones is 1. The van der Waals surface area contributed by atoms with Gasteiger partial charge >= 0.3 is 12.1 Å². The molecule has 0 bridgehead atoms. The van der Waals surface area contributed by atoms with Crippen LogP contribution >= 0.6 is 0 Å². The van der Waals surface area contributed by atoms with Crippen LogP contribution in [0.15, 0.2) is 42.6 Å². The fourth-order valence-electron chi connectivity index (χ4n) is 3.90. The lowest BCUT2D eigenvalue weighted by Gasteiger charge is -2.25. The Balaban J connectivity index is 0.000000587. The second kappa shape index (κ2) is 13.7. The lowest BCUT2D eigenvalue weighted by atomic mass is 9.99. The zero-order valence-electron chi connectivity index (χ0n) is 22.0. The van der Waals surface area contributed by atoms with Gasteiger partial charge in [-0.1, -0.05) is 12.1 Å². The fraction of sp³-hybridized carbons (Fsp3) is 0.296. The van der Waals surface area contributed by atoms with Crippen molar-refractivity contribution in [3.05, 3.63) is 59.4 Å². The summed E-state index contributed by atoms with van der Waals surface area (Å²) >= 11 is 0. The van der Waals surface area contributed by atoms with Crippen molar-refractivity contribution in [1.29, 1.82) is 0 Å². The van der Waals surface area contributed by atoms with Crippen molar-refractivity contribution in [1.82, 2.24) is 9.88 Å². The van der Waals surface area contributed by atoms with E-state index in [1.807, 2.05) is 4.90 Å². The number of amides is 1. The Morgan fingerprint density at radius 1 is 1.07 bits per heavy atom. The Morgan fingerprint density at radius 3 is 2.24 bits per heavy atom. The summed E-state index contributed by atoms with van der Waals surface area (Å²) in [7, 11) is 2.99. The van der Waals surface area contributed by atoms with Gasteiger partial charge < -0.3 is 24.6 Å². The highest BCUT2D eigenvalue weighted by Crippen LogP contribution is 2.35. The Kier molecular flexibility index (Phi) is 10.3. The van der Waals surface area contributed by atoms with Crippen molar-refractivity contribution in [2.24, 2.45) is 0 Å². The van der Waals surface area contributed by atoms with Crippen LogP contribution in [0.2, 0.25) is 0 Å². The van der Waals surface area contributed by atoms with Crippen LogP contribution in [0.25, 0.3) is 10.8 Å². The van der Waals surface area contributed by atoms with Gasteiger partial charge in [-0.15, -0.1) is 0 Å². The number of nitrogens with zero attached hydrogens (tertiary/aromatic N) is 2. The first-order chi connectivity index (χ1) is 19.5. The first kappa shape index (κ1) is 31.0. The number of halogens is 3. The summed E-state index contributed by atoms with van der Waals surface area (Å²) in [5.74, 6) is -2.42. The molecule has 1 aliphatic rings. The van der Waals surface area contributed by atoms with Crippen LogP contribution in [-0.2, 0) is 14.3 Å². The van der Waals surface area contributed by atoms with Gasteiger partial charge in [0.2, 0.25) is 11.7 Å². The van der Waals surface area contributed by atoms with Crippen LogP contribution < -0.4 is 14.8 Å². The molecule has 1 fully saturated rings. The third-order valence-corrected chi connectivity index (χ3v) is 5.89. The number of aldehydes is 1. The predicted molar refractivity (Wildman–Crippen MR) is 140 cm³/mol. The molecule has 2 aromatic carbocycles. The summed E-state index contributed by atoms with van der Waals surface area (Å²) in [6.45, 7) is 2.88. The van der Waals surface area contributed by atoms with E-state index in [2.05, 4.69) is 10.3 Å². The molecule has 14 heteroatoms. The van der Waals surface area contributed by atoms with Crippen molar-refractivity contribution in [3.63, 3.8) is 0 Å². The van der Waals surface area contributed by atoms with E-state index >= 15 is 0 Å². The van der Waals surface area contributed by atoms with Gasteiger partial charge in [0.25, 0.3) is 0 Å². The number of benzene rings is 2. The average molecular weight is 578 g/mol. The van der Waals surface area contributed by atoms with Gasteiger partial charge in [-0.05, 0) is 29.7 Å². The second-order valence-electron chi connectivity index (χ2n) is 8.58. The van der Waals surface area contributed by atoms with Gasteiger partial charge in [0.05, 0.1) is 34.0 Å². The molecular weight excluding hydrogens is 551 g/mol. The number of aromatic nitrogens is 1. The maximum atomic E-state index is 13.4. The van der Waals surface area contributed by atoms with Crippen molar-refractivity contribution in [3.8, 4) is 11.5 Å². The standard InChI is InChI=1S/C25H25N3O6.C2HF3O2/c1-32-21-11-19-17(15-29)13-26-24(20(19)12-22(21)33-2)25(31)16-4-3-5-18(10-16)27-23(30)14-28-6-8-34-9-7-28;3-2(4,5)1(6)7/h3-5,10-13,15H,6-9,14H2,1-2H3,(H,27,30);(H,6,7). The van der Waals surface area contributed by atoms with Crippen LogP contribution in [-0.4, -0.2) is 92.2 Å². The first-order valence-electron chi connectivity index (χ1n) is 12.0. The van der Waals surface area contributed by atoms with Crippen LogP contribution in [0.1, 0.15) is 26.4 Å². The third-order valence-electron chi connectivity index (χ3n) is 5.89. The van der Waals surface area contributed by atoms with Crippen LogP contribution in [0, 0.1) is 0 Å². The van der Waals surface area contributed by atoms with E-state index in [0.717, 1.165) is 0 Å². The molecule has 2 N–H and O–H groups in total. The summed E-state index contributed by atoms with van der Waals surface area (Å²) in [6.07, 6.45) is -3.04. The highest BCUT2D eigenvalue weighted by atomic mass is 19.4. The van der Waals surface area contributed by atoms with Gasteiger partial charge in [0, 0.05) is 41.5 Å².